The molecule has 1 heterocycles. The highest BCUT2D eigenvalue weighted by atomic mass is 16.3. The Hall–Kier alpha value is -1.70. The van der Waals surface area contributed by atoms with Crippen LogP contribution in [0.25, 0.3) is 0 Å². The summed E-state index contributed by atoms with van der Waals surface area (Å²) in [5, 5.41) is 9.43. The van der Waals surface area contributed by atoms with Crippen molar-refractivity contribution in [1.82, 2.24) is 4.90 Å². The van der Waals surface area contributed by atoms with Gasteiger partial charge in [0.1, 0.15) is 5.75 Å². The van der Waals surface area contributed by atoms with Gasteiger partial charge in [0.15, 0.2) is 0 Å². The van der Waals surface area contributed by atoms with E-state index >= 15 is 0 Å². The summed E-state index contributed by atoms with van der Waals surface area (Å²) in [6.07, 6.45) is 2.16. The van der Waals surface area contributed by atoms with E-state index in [2.05, 4.69) is 24.5 Å². The molecule has 1 atom stereocenters. The predicted octanol–water partition coefficient (Wildman–Crippen LogP) is 2.84. The molecule has 0 aromatic heterocycles. The molecule has 1 unspecified atom stereocenters. The summed E-state index contributed by atoms with van der Waals surface area (Å²) in [5.74, 6) is 0.503. The van der Waals surface area contributed by atoms with Gasteiger partial charge in [0.25, 0.3) is 0 Å². The van der Waals surface area contributed by atoms with Crippen LogP contribution in [-0.2, 0) is 0 Å². The Bertz CT molecular complexity index is 434. The second kappa shape index (κ2) is 3.46. The van der Waals surface area contributed by atoms with Gasteiger partial charge in [-0.2, -0.15) is 0 Å². The van der Waals surface area contributed by atoms with Crippen molar-refractivity contribution >= 4 is 0 Å². The zero-order chi connectivity index (χ0) is 11.0. The van der Waals surface area contributed by atoms with E-state index in [-0.39, 0.29) is 5.92 Å². The van der Waals surface area contributed by atoms with E-state index in [1.54, 1.807) is 12.1 Å². The van der Waals surface area contributed by atoms with Gasteiger partial charge in [-0.05, 0) is 24.6 Å². The fourth-order valence-corrected chi connectivity index (χ4v) is 1.89. The molecular weight excluding hydrogens is 186 g/mol. The zero-order valence-corrected chi connectivity index (χ0v) is 9.07. The highest BCUT2D eigenvalue weighted by molar-refractivity contribution is 5.41. The molecule has 0 spiro atoms. The summed E-state index contributed by atoms with van der Waals surface area (Å²) in [4.78, 5) is 2.08. The minimum Gasteiger partial charge on any atom is -0.508 e. The predicted molar refractivity (Wildman–Crippen MR) is 61.5 cm³/mol. The lowest BCUT2D eigenvalue weighted by Crippen LogP contribution is -2.11. The van der Waals surface area contributed by atoms with Gasteiger partial charge < -0.3 is 10.0 Å². The van der Waals surface area contributed by atoms with Crippen molar-refractivity contribution in [3.05, 3.63) is 53.9 Å². The lowest BCUT2D eigenvalue weighted by Gasteiger charge is -2.18. The van der Waals surface area contributed by atoms with Crippen molar-refractivity contribution in [1.29, 1.82) is 0 Å². The van der Waals surface area contributed by atoms with Gasteiger partial charge in [-0.1, -0.05) is 24.8 Å². The number of likely N-dealkylation sites (N-methyl/N-ethyl adjacent to an activating group) is 1. The number of hydrogen-bond acceptors (Lipinski definition) is 2. The molecule has 1 aromatic carbocycles. The fraction of sp³-hybridized carbons (Fsp3) is 0.231. The molecule has 1 aliphatic heterocycles. The molecule has 0 radical (unpaired) electrons. The number of rotatable bonds is 1. The SMILES string of the molecule is C=C1C(c2cccc(O)c2)C=C(C)N1C. The number of hydrogen-bond donors (Lipinski definition) is 1. The number of nitrogens with zero attached hydrogens (tertiary/aromatic N) is 1. The molecule has 15 heavy (non-hydrogen) atoms. The van der Waals surface area contributed by atoms with Crippen LogP contribution >= 0.6 is 0 Å². The molecule has 0 saturated carbocycles. The van der Waals surface area contributed by atoms with Crippen LogP contribution in [0.3, 0.4) is 0 Å². The Morgan fingerprint density at radius 3 is 2.67 bits per heavy atom. The number of allylic oxidation sites excluding steroid dienone is 2. The Morgan fingerprint density at radius 2 is 2.13 bits per heavy atom. The maximum Gasteiger partial charge on any atom is 0.115 e. The monoisotopic (exact) mass is 201 g/mol. The molecule has 0 bridgehead atoms. The van der Waals surface area contributed by atoms with Crippen LogP contribution in [0.4, 0.5) is 0 Å². The Balaban J connectivity index is 2.37. The van der Waals surface area contributed by atoms with Crippen molar-refractivity contribution in [3.63, 3.8) is 0 Å². The number of aromatic hydroxyl groups is 1. The van der Waals surface area contributed by atoms with Gasteiger partial charge in [0.2, 0.25) is 0 Å². The molecule has 1 N–H and O–H groups in total. The summed E-state index contributed by atoms with van der Waals surface area (Å²) in [6.45, 7) is 6.13. The summed E-state index contributed by atoms with van der Waals surface area (Å²) >= 11 is 0. The van der Waals surface area contributed by atoms with Gasteiger partial charge in [0, 0.05) is 24.4 Å². The normalized spacial score (nSPS) is 20.7. The molecule has 0 saturated heterocycles. The summed E-state index contributed by atoms with van der Waals surface area (Å²) in [6, 6.07) is 7.35. The van der Waals surface area contributed by atoms with E-state index in [1.807, 2.05) is 19.2 Å². The van der Waals surface area contributed by atoms with E-state index in [0.29, 0.717) is 5.75 Å². The third kappa shape index (κ3) is 1.63. The standard InChI is InChI=1S/C13H15NO/c1-9-7-13(10(2)14(9)3)11-5-4-6-12(15)8-11/h4-8,13,15H,2H2,1,3H3. The molecule has 2 heteroatoms. The largest absolute Gasteiger partial charge is 0.508 e. The van der Waals surface area contributed by atoms with E-state index in [9.17, 15) is 5.11 Å². The van der Waals surface area contributed by atoms with Crippen molar-refractivity contribution in [2.24, 2.45) is 0 Å². The van der Waals surface area contributed by atoms with Crippen LogP contribution in [0, 0.1) is 0 Å². The topological polar surface area (TPSA) is 23.5 Å². The lowest BCUT2D eigenvalue weighted by molar-refractivity contribution is 0.474. The molecule has 0 fully saturated rings. The molecule has 2 nitrogen and oxygen atoms in total. The minimum absolute atomic E-state index is 0.196. The van der Waals surface area contributed by atoms with Gasteiger partial charge >= 0.3 is 0 Å². The Kier molecular flexibility index (Phi) is 2.27. The van der Waals surface area contributed by atoms with E-state index in [1.165, 1.54) is 5.70 Å². The first-order chi connectivity index (χ1) is 7.09. The average molecular weight is 201 g/mol. The minimum atomic E-state index is 0.196. The van der Waals surface area contributed by atoms with Gasteiger partial charge in [-0.25, -0.2) is 0 Å². The second-order valence-corrected chi connectivity index (χ2v) is 3.93. The number of phenols is 1. The molecule has 2 rings (SSSR count). The van der Waals surface area contributed by atoms with Crippen LogP contribution < -0.4 is 0 Å². The van der Waals surface area contributed by atoms with Crippen LogP contribution in [0.2, 0.25) is 0 Å². The highest BCUT2D eigenvalue weighted by Gasteiger charge is 2.23. The maximum absolute atomic E-state index is 9.43. The molecule has 1 aromatic rings. The third-order valence-corrected chi connectivity index (χ3v) is 2.96. The number of phenolic OH excluding ortho intramolecular Hbond substituents is 1. The third-order valence-electron chi connectivity index (χ3n) is 2.96. The summed E-state index contributed by atoms with van der Waals surface area (Å²) in [5.41, 5.74) is 3.34. The molecule has 0 aliphatic carbocycles. The van der Waals surface area contributed by atoms with E-state index < -0.39 is 0 Å². The smallest absolute Gasteiger partial charge is 0.115 e. The lowest BCUT2D eigenvalue weighted by atomic mass is 9.97. The van der Waals surface area contributed by atoms with Gasteiger partial charge in [-0.3, -0.25) is 0 Å². The first-order valence-electron chi connectivity index (χ1n) is 4.99. The van der Waals surface area contributed by atoms with Crippen LogP contribution in [0.1, 0.15) is 18.4 Å². The van der Waals surface area contributed by atoms with Crippen molar-refractivity contribution in [3.8, 4) is 5.75 Å². The van der Waals surface area contributed by atoms with Crippen LogP contribution in [0.5, 0.6) is 5.75 Å². The molecular formula is C13H15NO. The highest BCUT2D eigenvalue weighted by Crippen LogP contribution is 2.36. The van der Waals surface area contributed by atoms with Crippen molar-refractivity contribution < 1.29 is 5.11 Å². The van der Waals surface area contributed by atoms with Crippen molar-refractivity contribution in [2.45, 2.75) is 12.8 Å². The summed E-state index contributed by atoms with van der Waals surface area (Å²) < 4.78 is 0. The van der Waals surface area contributed by atoms with E-state index in [0.717, 1.165) is 11.3 Å². The van der Waals surface area contributed by atoms with E-state index in [4.69, 9.17) is 0 Å². The molecule has 0 amide bonds. The first kappa shape index (κ1) is 9.84. The van der Waals surface area contributed by atoms with Crippen molar-refractivity contribution in [2.75, 3.05) is 7.05 Å². The van der Waals surface area contributed by atoms with Gasteiger partial charge in [-0.15, -0.1) is 0 Å². The van der Waals surface area contributed by atoms with Crippen LogP contribution in [0.15, 0.2) is 48.3 Å². The second-order valence-electron chi connectivity index (χ2n) is 3.93. The van der Waals surface area contributed by atoms with Crippen LogP contribution in [-0.4, -0.2) is 17.1 Å². The number of benzene rings is 1. The summed E-state index contributed by atoms with van der Waals surface area (Å²) in [7, 11) is 2.01. The first-order valence-corrected chi connectivity index (χ1v) is 4.99. The zero-order valence-electron chi connectivity index (χ0n) is 9.07. The molecule has 1 aliphatic rings. The maximum atomic E-state index is 9.43. The average Bonchev–Trinajstić information content (AvgIpc) is 2.46. The fourth-order valence-electron chi connectivity index (χ4n) is 1.89. The Morgan fingerprint density at radius 1 is 1.40 bits per heavy atom. The Labute approximate surface area is 90.2 Å². The molecule has 78 valence electrons. The quantitative estimate of drug-likeness (QED) is 0.755. The van der Waals surface area contributed by atoms with Gasteiger partial charge in [0.05, 0.1) is 0 Å².